The number of aliphatic hydroxyl groups excluding tert-OH is 4. The molecule has 1 rings (SSSR count). The van der Waals surface area contributed by atoms with Crippen molar-refractivity contribution in [3.8, 4) is 0 Å². The van der Waals surface area contributed by atoms with E-state index in [0.29, 0.717) is 106 Å². The minimum absolute atomic E-state index is 0.0543. The van der Waals surface area contributed by atoms with Gasteiger partial charge in [0.15, 0.2) is 0 Å². The molecule has 0 spiro atoms. The van der Waals surface area contributed by atoms with Gasteiger partial charge in [-0.3, -0.25) is 4.79 Å². The second-order valence-electron chi connectivity index (χ2n) is 22.5. The van der Waals surface area contributed by atoms with Crippen molar-refractivity contribution in [1.82, 2.24) is 5.32 Å². The van der Waals surface area contributed by atoms with Crippen LogP contribution in [0.5, 0.6) is 0 Å². The molecule has 1 saturated heterocycles. The van der Waals surface area contributed by atoms with Crippen LogP contribution in [0.4, 0.5) is 0 Å². The summed E-state index contributed by atoms with van der Waals surface area (Å²) in [6.45, 7) is 13.6. The van der Waals surface area contributed by atoms with Gasteiger partial charge in [0.2, 0.25) is 5.91 Å². The van der Waals surface area contributed by atoms with E-state index >= 15 is 0 Å². The third-order valence-corrected chi connectivity index (χ3v) is 14.8. The van der Waals surface area contributed by atoms with Crippen LogP contribution in [0.2, 0.25) is 0 Å². The molecule has 0 saturated carbocycles. The van der Waals surface area contributed by atoms with Crippen molar-refractivity contribution >= 4 is 11.9 Å². The number of unbranched alkanes of at least 4 members (excludes halogenated alkanes) is 26. The Balaban J connectivity index is 2.04. The fourth-order valence-electron chi connectivity index (χ4n) is 9.82. The monoisotopic (exact) mass is 1230 g/mol. The molecule has 0 bridgehead atoms. The summed E-state index contributed by atoms with van der Waals surface area (Å²) >= 11 is 0. The maximum absolute atomic E-state index is 12.2. The standard InChI is InChI=1S/C64H125NO20/c1-4-6-8-10-12-14-16-18-20-22-24-26-28-30-32-81-54-57(83-33-31-29-27-25-23-21-19-17-15-13-11-9-7-5-2)55-82-49-48-79-45-44-77-41-40-75-37-36-73-34-35-74-38-39-76-42-43-78-46-47-80-50-51-84-64(63(71)72)52-58(68)60(65-56(3)67)62(85-64)61(70)59(69)53-66/h57-62,66,68-70H,4-55H2,1-3H3,(H,65,67)(H,71,72)/t57?,58-,59+,60+,61+,62+,64+/m0/s1. The Morgan fingerprint density at radius 1 is 0.459 bits per heavy atom. The summed E-state index contributed by atoms with van der Waals surface area (Å²) in [5.74, 6) is -4.60. The zero-order chi connectivity index (χ0) is 61.8. The first-order valence-corrected chi connectivity index (χ1v) is 33.5. The minimum atomic E-state index is -2.42. The minimum Gasteiger partial charge on any atom is -0.477 e. The zero-order valence-electron chi connectivity index (χ0n) is 53.6. The van der Waals surface area contributed by atoms with E-state index in [1.807, 2.05) is 0 Å². The molecule has 1 amide bonds. The lowest BCUT2D eigenvalue weighted by atomic mass is 9.88. The molecule has 1 aliphatic rings. The lowest BCUT2D eigenvalue weighted by Crippen LogP contribution is -2.68. The summed E-state index contributed by atoms with van der Waals surface area (Å²) in [7, 11) is 0. The molecule has 1 unspecified atom stereocenters. The van der Waals surface area contributed by atoms with Gasteiger partial charge in [-0.25, -0.2) is 4.79 Å². The lowest BCUT2D eigenvalue weighted by Gasteiger charge is -2.46. The molecule has 0 aromatic heterocycles. The van der Waals surface area contributed by atoms with Crippen LogP contribution in [-0.4, -0.2) is 232 Å². The van der Waals surface area contributed by atoms with Gasteiger partial charge in [-0.1, -0.05) is 181 Å². The summed E-state index contributed by atoms with van der Waals surface area (Å²) in [6, 6.07) is -1.28. The first-order valence-electron chi connectivity index (χ1n) is 33.5. The Kier molecular flexibility index (Phi) is 58.5. The Bertz CT molecular complexity index is 1430. The van der Waals surface area contributed by atoms with E-state index in [2.05, 4.69) is 19.2 Å². The van der Waals surface area contributed by atoms with E-state index in [9.17, 15) is 35.1 Å². The summed E-state index contributed by atoms with van der Waals surface area (Å²) in [4.78, 5) is 23.9. The van der Waals surface area contributed by atoms with E-state index in [1.54, 1.807) is 0 Å². The summed E-state index contributed by atoms with van der Waals surface area (Å²) < 4.78 is 73.9. The Hall–Kier alpha value is -1.74. The number of carboxylic acid groups (broad SMARTS) is 1. The van der Waals surface area contributed by atoms with Crippen molar-refractivity contribution in [3.05, 3.63) is 0 Å². The van der Waals surface area contributed by atoms with Crippen LogP contribution in [0.3, 0.4) is 0 Å². The van der Waals surface area contributed by atoms with Crippen molar-refractivity contribution in [2.24, 2.45) is 0 Å². The Morgan fingerprint density at radius 2 is 0.765 bits per heavy atom. The van der Waals surface area contributed by atoms with Crippen molar-refractivity contribution in [3.63, 3.8) is 0 Å². The molecule has 0 aromatic rings. The molecule has 0 aromatic carbocycles. The van der Waals surface area contributed by atoms with Crippen LogP contribution in [0.25, 0.3) is 0 Å². The average molecular weight is 1230 g/mol. The van der Waals surface area contributed by atoms with Crippen molar-refractivity contribution in [2.75, 3.05) is 152 Å². The van der Waals surface area contributed by atoms with Gasteiger partial charge in [0, 0.05) is 26.6 Å². The summed E-state index contributed by atoms with van der Waals surface area (Å²) in [5.41, 5.74) is 0. The molecule has 506 valence electrons. The highest BCUT2D eigenvalue weighted by molar-refractivity contribution is 5.76. The fourth-order valence-corrected chi connectivity index (χ4v) is 9.82. The predicted molar refractivity (Wildman–Crippen MR) is 327 cm³/mol. The van der Waals surface area contributed by atoms with Gasteiger partial charge in [-0.2, -0.15) is 0 Å². The molecular weight excluding hydrogens is 1100 g/mol. The molecule has 21 heteroatoms. The van der Waals surface area contributed by atoms with E-state index in [-0.39, 0.29) is 32.5 Å². The average Bonchev–Trinajstić information content (AvgIpc) is 1.56. The molecule has 85 heavy (non-hydrogen) atoms. The number of amides is 1. The third-order valence-electron chi connectivity index (χ3n) is 14.8. The Morgan fingerprint density at radius 3 is 1.09 bits per heavy atom. The van der Waals surface area contributed by atoms with Crippen LogP contribution in [0.1, 0.15) is 207 Å². The Labute approximate surface area is 513 Å². The van der Waals surface area contributed by atoms with E-state index < -0.39 is 61.1 Å². The van der Waals surface area contributed by atoms with E-state index in [1.165, 1.54) is 167 Å². The molecule has 21 nitrogen and oxygen atoms in total. The normalized spacial score (nSPS) is 18.3. The number of carboxylic acids is 1. The van der Waals surface area contributed by atoms with Crippen LogP contribution >= 0.6 is 0 Å². The molecule has 1 aliphatic heterocycles. The van der Waals surface area contributed by atoms with Crippen LogP contribution in [-0.2, 0) is 71.2 Å². The van der Waals surface area contributed by atoms with Gasteiger partial charge in [0.25, 0.3) is 5.79 Å². The zero-order valence-corrected chi connectivity index (χ0v) is 53.6. The number of hydrogen-bond acceptors (Lipinski definition) is 19. The second kappa shape index (κ2) is 61.1. The second-order valence-corrected chi connectivity index (χ2v) is 22.5. The maximum Gasteiger partial charge on any atom is 0.364 e. The third kappa shape index (κ3) is 48.7. The number of carbonyl (C=O) groups excluding carboxylic acids is 1. The van der Waals surface area contributed by atoms with Crippen molar-refractivity contribution in [2.45, 2.75) is 249 Å². The number of aliphatic carboxylic acids is 1. The quantitative estimate of drug-likeness (QED) is 0.0311. The van der Waals surface area contributed by atoms with Gasteiger partial charge in [-0.05, 0) is 12.8 Å². The smallest absolute Gasteiger partial charge is 0.364 e. The molecule has 7 atom stereocenters. The fraction of sp³-hybridized carbons (Fsp3) is 0.969. The molecule has 0 aliphatic carbocycles. The van der Waals surface area contributed by atoms with Crippen molar-refractivity contribution in [1.29, 1.82) is 0 Å². The highest BCUT2D eigenvalue weighted by atomic mass is 16.7. The summed E-state index contributed by atoms with van der Waals surface area (Å²) in [5, 5.41) is 52.8. The number of ether oxygens (including phenoxy) is 13. The van der Waals surface area contributed by atoms with Gasteiger partial charge in [0.05, 0.1) is 151 Å². The van der Waals surface area contributed by atoms with E-state index in [0.717, 1.165) is 33.0 Å². The van der Waals surface area contributed by atoms with Crippen LogP contribution < -0.4 is 5.32 Å². The van der Waals surface area contributed by atoms with E-state index in [4.69, 9.17) is 61.6 Å². The number of hydrogen-bond donors (Lipinski definition) is 6. The molecule has 1 heterocycles. The highest BCUT2D eigenvalue weighted by Gasteiger charge is 2.55. The van der Waals surface area contributed by atoms with Crippen LogP contribution in [0.15, 0.2) is 0 Å². The van der Waals surface area contributed by atoms with Crippen molar-refractivity contribution < 1.29 is 96.7 Å². The maximum atomic E-state index is 12.2. The van der Waals surface area contributed by atoms with Gasteiger partial charge in [-0.15, -0.1) is 0 Å². The largest absolute Gasteiger partial charge is 0.477 e. The highest BCUT2D eigenvalue weighted by Crippen LogP contribution is 2.33. The van der Waals surface area contributed by atoms with Gasteiger partial charge in [0.1, 0.15) is 24.4 Å². The predicted octanol–water partition coefficient (Wildman–Crippen LogP) is 8.67. The molecule has 1 fully saturated rings. The SMILES string of the molecule is CCCCCCCCCCCCCCCCOCC(COCCOCCOCCOCCOCCOCCOCCOCCOCCO[C@]1(C(=O)O)C[C@H](O)[C@@H](NC(C)=O)[C@H]([C@H](O)[C@H](O)CO)O1)OCCCCCCCCCCCCCCCC. The molecular formula is C64H125NO20. The van der Waals surface area contributed by atoms with Gasteiger partial charge < -0.3 is 92.4 Å². The molecule has 6 N–H and O–H groups in total. The first-order chi connectivity index (χ1) is 41.6. The van der Waals surface area contributed by atoms with Gasteiger partial charge >= 0.3 is 5.97 Å². The molecule has 0 radical (unpaired) electrons. The number of carbonyl (C=O) groups is 2. The van der Waals surface area contributed by atoms with Crippen LogP contribution in [0, 0.1) is 0 Å². The summed E-state index contributed by atoms with van der Waals surface area (Å²) in [6.07, 6.45) is 30.3. The number of nitrogens with one attached hydrogen (secondary N) is 1. The lowest BCUT2D eigenvalue weighted by molar-refractivity contribution is -0.312. The first kappa shape index (κ1) is 81.3. The topological polar surface area (TPSA) is 267 Å². The number of rotatable bonds is 68. The number of aliphatic hydroxyl groups is 4.